The number of aromatic nitrogens is 1. The highest BCUT2D eigenvalue weighted by atomic mass is 16.5. The lowest BCUT2D eigenvalue weighted by Gasteiger charge is -2.20. The van der Waals surface area contributed by atoms with E-state index in [0.717, 1.165) is 36.3 Å². The summed E-state index contributed by atoms with van der Waals surface area (Å²) >= 11 is 0. The largest absolute Gasteiger partial charge is 0.490 e. The third kappa shape index (κ3) is 4.93. The van der Waals surface area contributed by atoms with Crippen LogP contribution in [-0.4, -0.2) is 24.1 Å². The smallest absolute Gasteiger partial charge is 0.270 e. The Hall–Kier alpha value is -3.34. The van der Waals surface area contributed by atoms with Gasteiger partial charge in [-0.05, 0) is 48.2 Å². The van der Waals surface area contributed by atoms with Crippen molar-refractivity contribution in [1.29, 1.82) is 0 Å². The first-order chi connectivity index (χ1) is 14.3. The molecule has 0 radical (unpaired) electrons. The number of nitrogens with zero attached hydrogens (tertiary/aromatic N) is 1. The SMILES string of the molecule is O=C(NC(CCc1ccccc1)c1ccc2c(c1)OCCCO2)c1ccccn1. The Kier molecular flexibility index (Phi) is 6.05. The van der Waals surface area contributed by atoms with Crippen LogP contribution in [0.4, 0.5) is 0 Å². The van der Waals surface area contributed by atoms with Crippen LogP contribution in [0.25, 0.3) is 0 Å². The van der Waals surface area contributed by atoms with Crippen LogP contribution >= 0.6 is 0 Å². The topological polar surface area (TPSA) is 60.5 Å². The summed E-state index contributed by atoms with van der Waals surface area (Å²) in [6.45, 7) is 1.28. The molecular formula is C24H24N2O3. The lowest BCUT2D eigenvalue weighted by Crippen LogP contribution is -2.29. The number of pyridine rings is 1. The number of benzene rings is 2. The highest BCUT2D eigenvalue weighted by Gasteiger charge is 2.19. The molecule has 0 spiro atoms. The molecular weight excluding hydrogens is 364 g/mol. The van der Waals surface area contributed by atoms with Crippen molar-refractivity contribution in [2.75, 3.05) is 13.2 Å². The second-order valence-corrected chi connectivity index (χ2v) is 7.02. The van der Waals surface area contributed by atoms with Crippen LogP contribution in [-0.2, 0) is 6.42 Å². The molecule has 1 N–H and O–H groups in total. The van der Waals surface area contributed by atoms with Crippen molar-refractivity contribution < 1.29 is 14.3 Å². The van der Waals surface area contributed by atoms with Gasteiger partial charge in [-0.2, -0.15) is 0 Å². The number of hydrogen-bond donors (Lipinski definition) is 1. The number of carbonyl (C=O) groups is 1. The Bertz CT molecular complexity index is 945. The fraction of sp³-hybridized carbons (Fsp3) is 0.250. The van der Waals surface area contributed by atoms with E-state index >= 15 is 0 Å². The van der Waals surface area contributed by atoms with Crippen LogP contribution in [0.15, 0.2) is 72.9 Å². The number of fused-ring (bicyclic) bond motifs is 1. The van der Waals surface area contributed by atoms with Crippen LogP contribution in [0.1, 0.15) is 40.5 Å². The van der Waals surface area contributed by atoms with E-state index in [2.05, 4.69) is 22.4 Å². The molecule has 0 bridgehead atoms. The number of rotatable bonds is 6. The lowest BCUT2D eigenvalue weighted by atomic mass is 9.98. The van der Waals surface area contributed by atoms with Crippen LogP contribution in [0.2, 0.25) is 0 Å². The summed E-state index contributed by atoms with van der Waals surface area (Å²) in [4.78, 5) is 16.9. The molecule has 5 heteroatoms. The summed E-state index contributed by atoms with van der Waals surface area (Å²) in [5.41, 5.74) is 2.64. The molecule has 2 heterocycles. The summed E-state index contributed by atoms with van der Waals surface area (Å²) in [6.07, 6.45) is 4.10. The molecule has 5 nitrogen and oxygen atoms in total. The predicted octanol–water partition coefficient (Wildman–Crippen LogP) is 4.35. The van der Waals surface area contributed by atoms with Crippen molar-refractivity contribution in [3.8, 4) is 11.5 Å². The molecule has 0 aliphatic carbocycles. The maximum Gasteiger partial charge on any atom is 0.270 e. The van der Waals surface area contributed by atoms with Crippen molar-refractivity contribution in [3.63, 3.8) is 0 Å². The summed E-state index contributed by atoms with van der Waals surface area (Å²) in [5, 5.41) is 3.14. The molecule has 1 aromatic heterocycles. The Morgan fingerprint density at radius 3 is 2.55 bits per heavy atom. The van der Waals surface area contributed by atoms with Gasteiger partial charge in [0.2, 0.25) is 0 Å². The van der Waals surface area contributed by atoms with Gasteiger partial charge in [0.15, 0.2) is 11.5 Å². The zero-order chi connectivity index (χ0) is 19.9. The minimum absolute atomic E-state index is 0.165. The maximum absolute atomic E-state index is 12.8. The number of nitrogens with one attached hydrogen (secondary N) is 1. The Morgan fingerprint density at radius 2 is 1.76 bits per heavy atom. The zero-order valence-electron chi connectivity index (χ0n) is 16.2. The summed E-state index contributed by atoms with van der Waals surface area (Å²) < 4.78 is 11.6. The molecule has 0 saturated carbocycles. The molecule has 148 valence electrons. The van der Waals surface area contributed by atoms with Gasteiger partial charge in [0.05, 0.1) is 19.3 Å². The number of amides is 1. The minimum atomic E-state index is -0.184. The zero-order valence-corrected chi connectivity index (χ0v) is 16.2. The van der Waals surface area contributed by atoms with E-state index in [-0.39, 0.29) is 11.9 Å². The Balaban J connectivity index is 1.57. The van der Waals surface area contributed by atoms with Crippen LogP contribution in [0.3, 0.4) is 0 Å². The minimum Gasteiger partial charge on any atom is -0.490 e. The highest BCUT2D eigenvalue weighted by molar-refractivity contribution is 5.92. The lowest BCUT2D eigenvalue weighted by molar-refractivity contribution is 0.0929. The predicted molar refractivity (Wildman–Crippen MR) is 111 cm³/mol. The second kappa shape index (κ2) is 9.24. The molecule has 1 unspecified atom stereocenters. The van der Waals surface area contributed by atoms with Gasteiger partial charge in [-0.3, -0.25) is 9.78 Å². The van der Waals surface area contributed by atoms with Gasteiger partial charge < -0.3 is 14.8 Å². The first kappa shape index (κ1) is 19.0. The Morgan fingerprint density at radius 1 is 0.966 bits per heavy atom. The molecule has 3 aromatic rings. The van der Waals surface area contributed by atoms with E-state index in [1.54, 1.807) is 18.3 Å². The molecule has 29 heavy (non-hydrogen) atoms. The standard InChI is InChI=1S/C24H24N2O3/c27-24(21-9-4-5-14-25-21)26-20(12-10-18-7-2-1-3-8-18)19-11-13-22-23(17-19)29-16-6-15-28-22/h1-5,7-9,11,13-14,17,20H,6,10,12,15-16H2,(H,26,27). The first-order valence-electron chi connectivity index (χ1n) is 9.95. The van der Waals surface area contributed by atoms with Crippen LogP contribution in [0.5, 0.6) is 11.5 Å². The molecule has 0 fully saturated rings. The Labute approximate surface area is 170 Å². The monoisotopic (exact) mass is 388 g/mol. The quantitative estimate of drug-likeness (QED) is 0.682. The average Bonchev–Trinajstić information content (AvgIpc) is 3.02. The van der Waals surface area contributed by atoms with Crippen molar-refractivity contribution in [3.05, 3.63) is 89.7 Å². The van der Waals surface area contributed by atoms with Crippen LogP contribution < -0.4 is 14.8 Å². The fourth-order valence-electron chi connectivity index (χ4n) is 3.40. The van der Waals surface area contributed by atoms with E-state index in [9.17, 15) is 4.79 Å². The number of ether oxygens (including phenoxy) is 2. The normalized spacial score (nSPS) is 13.9. The molecule has 1 atom stereocenters. The summed E-state index contributed by atoms with van der Waals surface area (Å²) in [6, 6.07) is 21.4. The molecule has 2 aromatic carbocycles. The van der Waals surface area contributed by atoms with Gasteiger partial charge in [0.25, 0.3) is 5.91 Å². The van der Waals surface area contributed by atoms with Gasteiger partial charge in [-0.15, -0.1) is 0 Å². The summed E-state index contributed by atoms with van der Waals surface area (Å²) in [7, 11) is 0. The fourth-order valence-corrected chi connectivity index (χ4v) is 3.40. The van der Waals surface area contributed by atoms with E-state index < -0.39 is 0 Å². The van der Waals surface area contributed by atoms with Gasteiger partial charge in [-0.25, -0.2) is 0 Å². The van der Waals surface area contributed by atoms with Crippen molar-refractivity contribution >= 4 is 5.91 Å². The van der Waals surface area contributed by atoms with Gasteiger partial charge in [0, 0.05) is 12.6 Å². The van der Waals surface area contributed by atoms with E-state index in [1.165, 1.54) is 5.56 Å². The first-order valence-corrected chi connectivity index (χ1v) is 9.95. The molecule has 1 aliphatic heterocycles. The maximum atomic E-state index is 12.8. The van der Waals surface area contributed by atoms with Gasteiger partial charge in [-0.1, -0.05) is 42.5 Å². The van der Waals surface area contributed by atoms with E-state index in [1.807, 2.05) is 42.5 Å². The molecule has 0 saturated heterocycles. The van der Waals surface area contributed by atoms with Crippen molar-refractivity contribution in [2.24, 2.45) is 0 Å². The molecule has 1 amide bonds. The van der Waals surface area contributed by atoms with Gasteiger partial charge in [0.1, 0.15) is 5.69 Å². The van der Waals surface area contributed by atoms with E-state index in [0.29, 0.717) is 18.9 Å². The van der Waals surface area contributed by atoms with Crippen molar-refractivity contribution in [1.82, 2.24) is 10.3 Å². The number of carbonyl (C=O) groups excluding carboxylic acids is 1. The second-order valence-electron chi connectivity index (χ2n) is 7.02. The summed E-state index contributed by atoms with van der Waals surface area (Å²) in [5.74, 6) is 1.30. The molecule has 4 rings (SSSR count). The highest BCUT2D eigenvalue weighted by Crippen LogP contribution is 2.33. The van der Waals surface area contributed by atoms with Crippen LogP contribution in [0, 0.1) is 0 Å². The van der Waals surface area contributed by atoms with Gasteiger partial charge >= 0.3 is 0 Å². The number of hydrogen-bond acceptors (Lipinski definition) is 4. The molecule has 1 aliphatic rings. The third-order valence-electron chi connectivity index (χ3n) is 4.94. The van der Waals surface area contributed by atoms with Crippen molar-refractivity contribution in [2.45, 2.75) is 25.3 Å². The third-order valence-corrected chi connectivity index (χ3v) is 4.94. The average molecular weight is 388 g/mol. The van der Waals surface area contributed by atoms with E-state index in [4.69, 9.17) is 9.47 Å². The number of aryl methyl sites for hydroxylation is 1.